The lowest BCUT2D eigenvalue weighted by Gasteiger charge is -2.25. The Bertz CT molecular complexity index is 306. The lowest BCUT2D eigenvalue weighted by molar-refractivity contribution is -0.132. The van der Waals surface area contributed by atoms with Gasteiger partial charge in [0.25, 0.3) is 0 Å². The summed E-state index contributed by atoms with van der Waals surface area (Å²) in [6.45, 7) is 11.3. The summed E-state index contributed by atoms with van der Waals surface area (Å²) < 4.78 is 0. The maximum Gasteiger partial charge on any atom is 0.237 e. The molecule has 0 aromatic heterocycles. The number of carbonyl (C=O) groups is 2. The van der Waals surface area contributed by atoms with Crippen LogP contribution in [0, 0.1) is 0 Å². The van der Waals surface area contributed by atoms with E-state index < -0.39 is 5.91 Å². The van der Waals surface area contributed by atoms with Gasteiger partial charge in [-0.2, -0.15) is 0 Å². The van der Waals surface area contributed by atoms with Crippen molar-refractivity contribution in [2.24, 2.45) is 5.73 Å². The predicted molar refractivity (Wildman–Crippen MR) is 77.5 cm³/mol. The van der Waals surface area contributed by atoms with Gasteiger partial charge in [-0.05, 0) is 13.0 Å². The van der Waals surface area contributed by atoms with E-state index in [1.54, 1.807) is 22.0 Å². The molecule has 2 N–H and O–H groups in total. The Kier molecular flexibility index (Phi) is 9.44. The van der Waals surface area contributed by atoms with E-state index in [0.717, 1.165) is 12.8 Å². The predicted octanol–water partition coefficient (Wildman–Crippen LogP) is 0.774. The number of nitrogens with zero attached hydrogens (tertiary/aromatic N) is 2. The normalized spacial score (nSPS) is 10.2. The zero-order valence-corrected chi connectivity index (χ0v) is 11.8. The first kappa shape index (κ1) is 17.4. The maximum atomic E-state index is 12.1. The van der Waals surface area contributed by atoms with Gasteiger partial charge in [-0.1, -0.05) is 25.5 Å². The van der Waals surface area contributed by atoms with Crippen molar-refractivity contribution in [3.8, 4) is 0 Å². The standard InChI is InChI=1S/C14H25N3O2/c1-4-7-10-16(11-13(15)18)12-14(19)17(8-5-2)9-6-3/h5-6H,2-4,7-12H2,1H3,(H2,15,18). The third kappa shape index (κ3) is 8.15. The lowest BCUT2D eigenvalue weighted by atomic mass is 10.3. The Morgan fingerprint density at radius 1 is 1.16 bits per heavy atom. The zero-order valence-electron chi connectivity index (χ0n) is 11.8. The van der Waals surface area contributed by atoms with Crippen LogP contribution in [0.2, 0.25) is 0 Å². The molecule has 0 rings (SSSR count). The highest BCUT2D eigenvalue weighted by molar-refractivity contribution is 5.80. The summed E-state index contributed by atoms with van der Waals surface area (Å²) >= 11 is 0. The minimum absolute atomic E-state index is 0.0443. The highest BCUT2D eigenvalue weighted by Gasteiger charge is 2.16. The SMILES string of the molecule is C=CCN(CC=C)C(=O)CN(CCCC)CC(N)=O. The molecule has 0 heterocycles. The zero-order chi connectivity index (χ0) is 14.7. The molecule has 0 fully saturated rings. The molecule has 0 unspecified atom stereocenters. The van der Waals surface area contributed by atoms with Crippen LogP contribution < -0.4 is 5.73 Å². The highest BCUT2D eigenvalue weighted by atomic mass is 16.2. The van der Waals surface area contributed by atoms with Crippen molar-refractivity contribution in [2.75, 3.05) is 32.7 Å². The van der Waals surface area contributed by atoms with E-state index in [1.807, 2.05) is 0 Å². The van der Waals surface area contributed by atoms with Crippen LogP contribution in [0.4, 0.5) is 0 Å². The van der Waals surface area contributed by atoms with E-state index in [0.29, 0.717) is 19.6 Å². The first-order valence-electron chi connectivity index (χ1n) is 6.55. The minimum Gasteiger partial charge on any atom is -0.369 e. The molecule has 0 aliphatic rings. The van der Waals surface area contributed by atoms with Gasteiger partial charge in [-0.3, -0.25) is 14.5 Å². The Morgan fingerprint density at radius 3 is 2.16 bits per heavy atom. The molecular weight excluding hydrogens is 242 g/mol. The third-order valence-electron chi connectivity index (χ3n) is 2.62. The molecule has 108 valence electrons. The Morgan fingerprint density at radius 2 is 1.74 bits per heavy atom. The number of amides is 2. The molecule has 0 aromatic rings. The van der Waals surface area contributed by atoms with Crippen LogP contribution in [0.5, 0.6) is 0 Å². The van der Waals surface area contributed by atoms with Gasteiger partial charge in [0.15, 0.2) is 0 Å². The van der Waals surface area contributed by atoms with Crippen molar-refractivity contribution in [3.63, 3.8) is 0 Å². The third-order valence-corrected chi connectivity index (χ3v) is 2.62. The van der Waals surface area contributed by atoms with Crippen molar-refractivity contribution in [1.82, 2.24) is 9.80 Å². The van der Waals surface area contributed by atoms with Gasteiger partial charge < -0.3 is 10.6 Å². The molecule has 0 saturated carbocycles. The molecule has 2 amide bonds. The topological polar surface area (TPSA) is 66.6 Å². The number of rotatable bonds is 11. The van der Waals surface area contributed by atoms with E-state index in [2.05, 4.69) is 20.1 Å². The van der Waals surface area contributed by atoms with Gasteiger partial charge in [0.1, 0.15) is 0 Å². The number of unbranched alkanes of at least 4 members (excludes halogenated alkanes) is 1. The van der Waals surface area contributed by atoms with Gasteiger partial charge in [0, 0.05) is 13.1 Å². The fourth-order valence-corrected chi connectivity index (χ4v) is 1.70. The summed E-state index contributed by atoms with van der Waals surface area (Å²) in [6, 6.07) is 0. The maximum absolute atomic E-state index is 12.1. The van der Waals surface area contributed by atoms with E-state index in [9.17, 15) is 9.59 Å². The second-order valence-corrected chi connectivity index (χ2v) is 4.41. The quantitative estimate of drug-likeness (QED) is 0.562. The van der Waals surface area contributed by atoms with E-state index >= 15 is 0 Å². The number of nitrogens with two attached hydrogens (primary N) is 1. The molecule has 0 saturated heterocycles. The Hall–Kier alpha value is -1.62. The highest BCUT2D eigenvalue weighted by Crippen LogP contribution is 1.99. The molecule has 5 nitrogen and oxygen atoms in total. The summed E-state index contributed by atoms with van der Waals surface area (Å²) in [4.78, 5) is 26.5. The van der Waals surface area contributed by atoms with Gasteiger partial charge >= 0.3 is 0 Å². The average molecular weight is 267 g/mol. The number of primary amides is 1. The van der Waals surface area contributed by atoms with Crippen molar-refractivity contribution in [2.45, 2.75) is 19.8 Å². The van der Waals surface area contributed by atoms with Crippen LogP contribution >= 0.6 is 0 Å². The number of carbonyl (C=O) groups excluding carboxylic acids is 2. The molecule has 19 heavy (non-hydrogen) atoms. The molecular formula is C14H25N3O2. The molecule has 0 aliphatic carbocycles. The summed E-state index contributed by atoms with van der Waals surface area (Å²) in [5.74, 6) is -0.458. The summed E-state index contributed by atoms with van der Waals surface area (Å²) in [7, 11) is 0. The van der Waals surface area contributed by atoms with Crippen molar-refractivity contribution in [3.05, 3.63) is 25.3 Å². The number of hydrogen-bond acceptors (Lipinski definition) is 3. The van der Waals surface area contributed by atoms with Crippen LogP contribution in [0.15, 0.2) is 25.3 Å². The molecule has 0 radical (unpaired) electrons. The molecule has 5 heteroatoms. The fourth-order valence-electron chi connectivity index (χ4n) is 1.70. The van der Waals surface area contributed by atoms with Crippen molar-refractivity contribution < 1.29 is 9.59 Å². The van der Waals surface area contributed by atoms with Crippen LogP contribution in [-0.4, -0.2) is 54.3 Å². The minimum atomic E-state index is -0.414. The van der Waals surface area contributed by atoms with Crippen LogP contribution in [0.25, 0.3) is 0 Å². The first-order chi connectivity index (χ1) is 9.04. The Labute approximate surface area is 115 Å². The molecule has 0 aliphatic heterocycles. The van der Waals surface area contributed by atoms with E-state index in [1.165, 1.54) is 0 Å². The monoisotopic (exact) mass is 267 g/mol. The molecule has 0 atom stereocenters. The van der Waals surface area contributed by atoms with Crippen molar-refractivity contribution >= 4 is 11.8 Å². The van der Waals surface area contributed by atoms with Gasteiger partial charge in [0.05, 0.1) is 13.1 Å². The van der Waals surface area contributed by atoms with Crippen LogP contribution in [0.1, 0.15) is 19.8 Å². The van der Waals surface area contributed by atoms with Gasteiger partial charge in [0.2, 0.25) is 11.8 Å². The summed E-state index contributed by atoms with van der Waals surface area (Å²) in [5.41, 5.74) is 5.20. The smallest absolute Gasteiger partial charge is 0.237 e. The van der Waals surface area contributed by atoms with Gasteiger partial charge in [-0.25, -0.2) is 0 Å². The lowest BCUT2D eigenvalue weighted by Crippen LogP contribution is -2.43. The second kappa shape index (κ2) is 10.3. The molecule has 0 bridgehead atoms. The summed E-state index contributed by atoms with van der Waals surface area (Å²) in [5, 5.41) is 0. The van der Waals surface area contributed by atoms with Gasteiger partial charge in [-0.15, -0.1) is 13.2 Å². The second-order valence-electron chi connectivity index (χ2n) is 4.41. The molecule has 0 aromatic carbocycles. The van der Waals surface area contributed by atoms with E-state index in [4.69, 9.17) is 5.73 Å². The summed E-state index contributed by atoms with van der Waals surface area (Å²) in [6.07, 6.45) is 5.29. The number of hydrogen-bond donors (Lipinski definition) is 1. The van der Waals surface area contributed by atoms with Crippen LogP contribution in [-0.2, 0) is 9.59 Å². The van der Waals surface area contributed by atoms with E-state index in [-0.39, 0.29) is 19.0 Å². The largest absolute Gasteiger partial charge is 0.369 e. The van der Waals surface area contributed by atoms with Crippen molar-refractivity contribution in [1.29, 1.82) is 0 Å². The fraction of sp³-hybridized carbons (Fsp3) is 0.571. The first-order valence-corrected chi connectivity index (χ1v) is 6.55. The average Bonchev–Trinajstić information content (AvgIpc) is 2.35. The molecule has 0 spiro atoms. The van der Waals surface area contributed by atoms with Crippen LogP contribution in [0.3, 0.4) is 0 Å². The Balaban J connectivity index is 4.50.